The Morgan fingerprint density at radius 2 is 2.00 bits per heavy atom. The summed E-state index contributed by atoms with van der Waals surface area (Å²) in [7, 11) is 3.16. The molecule has 3 rings (SSSR count). The van der Waals surface area contributed by atoms with Crippen LogP contribution in [0.1, 0.15) is 34.5 Å². The molecule has 134 valence electrons. The molecular formula is C18H23N3O3S. The Morgan fingerprint density at radius 3 is 2.68 bits per heavy atom. The number of carbonyl (C=O) groups is 1. The van der Waals surface area contributed by atoms with E-state index in [9.17, 15) is 4.79 Å². The van der Waals surface area contributed by atoms with Crippen LogP contribution in [0.15, 0.2) is 18.2 Å². The number of carbonyl (C=O) groups excluding carboxylic acids is 1. The van der Waals surface area contributed by atoms with E-state index in [0.29, 0.717) is 17.2 Å². The number of thiazole rings is 1. The Hall–Kier alpha value is -2.12. The fourth-order valence-electron chi connectivity index (χ4n) is 3.04. The molecule has 1 aliphatic rings. The van der Waals surface area contributed by atoms with Crippen molar-refractivity contribution in [2.75, 3.05) is 26.1 Å². The number of ether oxygens (including phenoxy) is 2. The number of hydrogen-bond donors (Lipinski definition) is 2. The van der Waals surface area contributed by atoms with Crippen LogP contribution in [0.3, 0.4) is 0 Å². The summed E-state index contributed by atoms with van der Waals surface area (Å²) < 4.78 is 10.4. The average Bonchev–Trinajstić information content (AvgIpc) is 3.00. The van der Waals surface area contributed by atoms with Crippen LogP contribution in [0.2, 0.25) is 0 Å². The predicted molar refractivity (Wildman–Crippen MR) is 98.7 cm³/mol. The van der Waals surface area contributed by atoms with Crippen LogP contribution >= 0.6 is 11.3 Å². The third-order valence-corrected chi connectivity index (χ3v) is 5.25. The van der Waals surface area contributed by atoms with Crippen molar-refractivity contribution in [1.29, 1.82) is 0 Å². The number of aryl methyl sites for hydroxylation is 2. The van der Waals surface area contributed by atoms with Crippen LogP contribution < -0.4 is 20.1 Å². The van der Waals surface area contributed by atoms with Crippen molar-refractivity contribution >= 4 is 22.9 Å². The summed E-state index contributed by atoms with van der Waals surface area (Å²) in [6.07, 6.45) is 3.23. The summed E-state index contributed by atoms with van der Waals surface area (Å²) >= 11 is 1.76. The maximum Gasteiger partial charge on any atom is 0.238 e. The number of nitrogens with zero attached hydrogens (tertiary/aromatic N) is 1. The highest BCUT2D eigenvalue weighted by Crippen LogP contribution is 2.33. The molecule has 0 spiro atoms. The van der Waals surface area contributed by atoms with Crippen LogP contribution in [0.5, 0.6) is 11.5 Å². The number of nitrogens with one attached hydrogen (secondary N) is 2. The van der Waals surface area contributed by atoms with Gasteiger partial charge in [-0.2, -0.15) is 0 Å². The van der Waals surface area contributed by atoms with E-state index in [-0.39, 0.29) is 18.5 Å². The monoisotopic (exact) mass is 361 g/mol. The van der Waals surface area contributed by atoms with Crippen LogP contribution in [-0.4, -0.2) is 31.7 Å². The van der Waals surface area contributed by atoms with Crippen molar-refractivity contribution in [2.45, 2.75) is 32.2 Å². The lowest BCUT2D eigenvalue weighted by Gasteiger charge is -2.22. The highest BCUT2D eigenvalue weighted by molar-refractivity contribution is 7.11. The molecule has 6 nitrogen and oxygen atoms in total. The number of hydrogen-bond acceptors (Lipinski definition) is 6. The normalized spacial score (nSPS) is 16.2. The zero-order chi connectivity index (χ0) is 17.8. The van der Waals surface area contributed by atoms with Gasteiger partial charge < -0.3 is 20.1 Å². The van der Waals surface area contributed by atoms with Gasteiger partial charge in [-0.05, 0) is 26.2 Å². The van der Waals surface area contributed by atoms with Crippen molar-refractivity contribution in [3.05, 3.63) is 33.8 Å². The fourth-order valence-corrected chi connectivity index (χ4v) is 4.08. The van der Waals surface area contributed by atoms with E-state index in [0.717, 1.165) is 30.0 Å². The molecule has 0 saturated carbocycles. The maximum absolute atomic E-state index is 12.3. The topological polar surface area (TPSA) is 72.5 Å². The molecule has 0 fully saturated rings. The van der Waals surface area contributed by atoms with Crippen molar-refractivity contribution in [1.82, 2.24) is 10.3 Å². The smallest absolute Gasteiger partial charge is 0.238 e. The summed E-state index contributed by atoms with van der Waals surface area (Å²) in [5.74, 6) is 1.17. The number of fused-ring (bicyclic) bond motifs is 1. The van der Waals surface area contributed by atoms with Gasteiger partial charge in [0.15, 0.2) is 0 Å². The number of anilines is 1. The minimum Gasteiger partial charge on any atom is -0.497 e. The Labute approximate surface area is 151 Å². The first kappa shape index (κ1) is 17.7. The molecule has 0 aliphatic heterocycles. The van der Waals surface area contributed by atoms with E-state index < -0.39 is 0 Å². The lowest BCUT2D eigenvalue weighted by molar-refractivity contribution is -0.115. The van der Waals surface area contributed by atoms with Gasteiger partial charge in [-0.1, -0.05) is 0 Å². The van der Waals surface area contributed by atoms with E-state index in [1.165, 1.54) is 4.88 Å². The van der Waals surface area contributed by atoms with Gasteiger partial charge in [-0.15, -0.1) is 11.3 Å². The summed E-state index contributed by atoms with van der Waals surface area (Å²) in [6.45, 7) is 2.27. The number of methoxy groups -OCH3 is 2. The van der Waals surface area contributed by atoms with Gasteiger partial charge in [-0.3, -0.25) is 4.79 Å². The summed E-state index contributed by atoms with van der Waals surface area (Å²) in [5.41, 5.74) is 1.77. The molecule has 1 unspecified atom stereocenters. The maximum atomic E-state index is 12.3. The number of benzene rings is 1. The largest absolute Gasteiger partial charge is 0.497 e. The van der Waals surface area contributed by atoms with Gasteiger partial charge in [0.25, 0.3) is 0 Å². The minimum atomic E-state index is -0.102. The molecule has 1 aromatic carbocycles. The summed E-state index contributed by atoms with van der Waals surface area (Å²) in [6, 6.07) is 5.45. The number of rotatable bonds is 6. The van der Waals surface area contributed by atoms with E-state index >= 15 is 0 Å². The van der Waals surface area contributed by atoms with E-state index in [4.69, 9.17) is 9.47 Å². The third kappa shape index (κ3) is 4.29. The second-order valence-corrected chi connectivity index (χ2v) is 7.30. The molecular weight excluding hydrogens is 338 g/mol. The zero-order valence-corrected chi connectivity index (χ0v) is 15.5. The fraction of sp³-hybridized carbons (Fsp3) is 0.444. The first-order chi connectivity index (χ1) is 12.1. The molecule has 1 aromatic heterocycles. The molecule has 1 heterocycles. The Kier molecular flexibility index (Phi) is 5.55. The lowest BCUT2D eigenvalue weighted by atomic mass is 9.97. The Bertz CT molecular complexity index is 738. The van der Waals surface area contributed by atoms with Crippen molar-refractivity contribution in [2.24, 2.45) is 0 Å². The molecule has 0 radical (unpaired) electrons. The van der Waals surface area contributed by atoms with Gasteiger partial charge in [0.05, 0.1) is 37.5 Å². The second-order valence-electron chi connectivity index (χ2n) is 6.02. The number of aromatic nitrogens is 1. The molecule has 0 saturated heterocycles. The van der Waals surface area contributed by atoms with Crippen molar-refractivity contribution in [3.8, 4) is 11.5 Å². The van der Waals surface area contributed by atoms with Crippen LogP contribution in [-0.2, 0) is 11.2 Å². The number of amides is 1. The summed E-state index contributed by atoms with van der Waals surface area (Å²) in [5, 5.41) is 7.31. The van der Waals surface area contributed by atoms with Crippen molar-refractivity contribution < 1.29 is 14.3 Å². The first-order valence-electron chi connectivity index (χ1n) is 8.31. The quantitative estimate of drug-likeness (QED) is 0.827. The van der Waals surface area contributed by atoms with Crippen molar-refractivity contribution in [3.63, 3.8) is 0 Å². The molecule has 1 aliphatic carbocycles. The van der Waals surface area contributed by atoms with Gasteiger partial charge in [0.2, 0.25) is 5.91 Å². The zero-order valence-electron chi connectivity index (χ0n) is 14.7. The summed E-state index contributed by atoms with van der Waals surface area (Å²) in [4.78, 5) is 18.3. The minimum absolute atomic E-state index is 0.102. The van der Waals surface area contributed by atoms with E-state index in [2.05, 4.69) is 15.6 Å². The molecule has 2 N–H and O–H groups in total. The lowest BCUT2D eigenvalue weighted by Crippen LogP contribution is -2.33. The molecule has 25 heavy (non-hydrogen) atoms. The first-order valence-corrected chi connectivity index (χ1v) is 9.13. The molecule has 7 heteroatoms. The van der Waals surface area contributed by atoms with Gasteiger partial charge >= 0.3 is 0 Å². The average molecular weight is 361 g/mol. The van der Waals surface area contributed by atoms with Crippen LogP contribution in [0.25, 0.3) is 0 Å². The van der Waals surface area contributed by atoms with Gasteiger partial charge in [0.1, 0.15) is 11.5 Å². The van der Waals surface area contributed by atoms with Gasteiger partial charge in [0, 0.05) is 28.8 Å². The van der Waals surface area contributed by atoms with Crippen LogP contribution in [0, 0.1) is 6.92 Å². The van der Waals surface area contributed by atoms with E-state index in [1.54, 1.807) is 43.8 Å². The van der Waals surface area contributed by atoms with E-state index in [1.807, 2.05) is 6.92 Å². The molecule has 2 aromatic rings. The van der Waals surface area contributed by atoms with Crippen LogP contribution in [0.4, 0.5) is 5.69 Å². The highest BCUT2D eigenvalue weighted by Gasteiger charge is 2.24. The standard InChI is InChI=1S/C18H23N3O3S/c1-11-20-18-15(5-4-6-16(18)25-11)19-10-17(22)21-12-7-13(23-2)9-14(8-12)24-3/h7-9,15,19H,4-6,10H2,1-3H3,(H,21,22). The molecule has 1 atom stereocenters. The Morgan fingerprint density at radius 1 is 1.28 bits per heavy atom. The predicted octanol–water partition coefficient (Wildman–Crippen LogP) is 3.07. The van der Waals surface area contributed by atoms with Gasteiger partial charge in [-0.25, -0.2) is 4.98 Å². The third-order valence-electron chi connectivity index (χ3n) is 4.21. The highest BCUT2D eigenvalue weighted by atomic mass is 32.1. The molecule has 0 bridgehead atoms. The molecule has 1 amide bonds. The SMILES string of the molecule is COc1cc(NC(=O)CNC2CCCc3sc(C)nc32)cc(OC)c1. The second kappa shape index (κ2) is 7.84. The Balaban J connectivity index is 1.60.